The lowest BCUT2D eigenvalue weighted by molar-refractivity contribution is -0.150. The second-order valence-electron chi connectivity index (χ2n) is 3.79. The van der Waals surface area contributed by atoms with E-state index in [0.717, 1.165) is 0 Å². The number of hydrogen-bond donors (Lipinski definition) is 0. The normalized spacial score (nSPS) is 17.8. The summed E-state index contributed by atoms with van der Waals surface area (Å²) in [5.74, 6) is -1.68. The Balaban J connectivity index is 2.60. The number of carbonyl (C=O) groups is 1. The maximum Gasteiger partial charge on any atom is 0.341 e. The van der Waals surface area contributed by atoms with Crippen molar-refractivity contribution >= 4 is 29.2 Å². The van der Waals surface area contributed by atoms with Gasteiger partial charge in [-0.05, 0) is 13.0 Å². The van der Waals surface area contributed by atoms with E-state index in [1.165, 1.54) is 13.2 Å². The molecular formula is C11H11Cl2NO4. The molecule has 0 spiro atoms. The smallest absolute Gasteiger partial charge is 0.341 e. The predicted molar refractivity (Wildman–Crippen MR) is 64.9 cm³/mol. The third-order valence-electron chi connectivity index (χ3n) is 2.66. The lowest BCUT2D eigenvalue weighted by atomic mass is 10.0. The highest BCUT2D eigenvalue weighted by Gasteiger charge is 2.38. The first-order valence-electron chi connectivity index (χ1n) is 5.20. The van der Waals surface area contributed by atoms with E-state index in [-0.39, 0.29) is 15.9 Å². The Bertz CT molecular complexity index is 486. The molecule has 1 fully saturated rings. The molecule has 1 aromatic heterocycles. The van der Waals surface area contributed by atoms with Crippen LogP contribution in [-0.2, 0) is 20.0 Å². The minimum absolute atomic E-state index is 0.0373. The summed E-state index contributed by atoms with van der Waals surface area (Å²) >= 11 is 11.8. The van der Waals surface area contributed by atoms with Crippen LogP contribution in [0.5, 0.6) is 0 Å². The molecule has 0 aliphatic carbocycles. The van der Waals surface area contributed by atoms with Gasteiger partial charge in [-0.2, -0.15) is 0 Å². The lowest BCUT2D eigenvalue weighted by Gasteiger charge is -2.25. The van der Waals surface area contributed by atoms with Crippen molar-refractivity contribution in [3.05, 3.63) is 27.5 Å². The molecule has 0 N–H and O–H groups in total. The number of ether oxygens (including phenoxy) is 3. The summed E-state index contributed by atoms with van der Waals surface area (Å²) in [5, 5.41) is 0.118. The van der Waals surface area contributed by atoms with Crippen molar-refractivity contribution < 1.29 is 19.0 Å². The molecule has 0 unspecified atom stereocenters. The Morgan fingerprint density at radius 1 is 1.44 bits per heavy atom. The van der Waals surface area contributed by atoms with Crippen LogP contribution in [0.15, 0.2) is 6.07 Å². The quantitative estimate of drug-likeness (QED) is 0.619. The van der Waals surface area contributed by atoms with E-state index in [1.54, 1.807) is 6.92 Å². The maximum absolute atomic E-state index is 11.8. The third kappa shape index (κ3) is 2.31. The maximum atomic E-state index is 11.8. The molecule has 18 heavy (non-hydrogen) atoms. The van der Waals surface area contributed by atoms with Crippen LogP contribution in [0.4, 0.5) is 0 Å². The fraction of sp³-hybridized carbons (Fsp3) is 0.455. The van der Waals surface area contributed by atoms with E-state index >= 15 is 0 Å². The van der Waals surface area contributed by atoms with Gasteiger partial charge in [0.2, 0.25) is 0 Å². The van der Waals surface area contributed by atoms with Crippen molar-refractivity contribution in [3.8, 4) is 0 Å². The van der Waals surface area contributed by atoms with Gasteiger partial charge < -0.3 is 14.2 Å². The lowest BCUT2D eigenvalue weighted by Crippen LogP contribution is -2.26. The van der Waals surface area contributed by atoms with Crippen LogP contribution >= 0.6 is 23.2 Å². The molecule has 7 heteroatoms. The van der Waals surface area contributed by atoms with Crippen LogP contribution in [0, 0.1) is 0 Å². The monoisotopic (exact) mass is 291 g/mol. The summed E-state index contributed by atoms with van der Waals surface area (Å²) < 4.78 is 15.7. The van der Waals surface area contributed by atoms with Crippen LogP contribution in [0.25, 0.3) is 0 Å². The molecule has 1 aliphatic rings. The van der Waals surface area contributed by atoms with Crippen molar-refractivity contribution in [2.24, 2.45) is 0 Å². The summed E-state index contributed by atoms with van der Waals surface area (Å²) in [6.07, 6.45) is 0. The third-order valence-corrected chi connectivity index (χ3v) is 3.13. The topological polar surface area (TPSA) is 57.7 Å². The van der Waals surface area contributed by atoms with Gasteiger partial charge in [-0.1, -0.05) is 23.2 Å². The highest BCUT2D eigenvalue weighted by atomic mass is 35.5. The molecular weight excluding hydrogens is 281 g/mol. The molecule has 1 saturated heterocycles. The summed E-state index contributed by atoms with van der Waals surface area (Å²) in [6, 6.07) is 1.49. The van der Waals surface area contributed by atoms with Crippen LogP contribution < -0.4 is 0 Å². The van der Waals surface area contributed by atoms with Gasteiger partial charge in [0, 0.05) is 5.56 Å². The first-order chi connectivity index (χ1) is 8.48. The van der Waals surface area contributed by atoms with Gasteiger partial charge in [0.1, 0.15) is 15.9 Å². The zero-order chi connectivity index (χ0) is 13.3. The Hall–Kier alpha value is -0.880. The first-order valence-corrected chi connectivity index (χ1v) is 5.96. The van der Waals surface area contributed by atoms with E-state index < -0.39 is 11.8 Å². The minimum atomic E-state index is -1.07. The molecule has 0 aromatic carbocycles. The molecule has 0 saturated carbocycles. The molecule has 98 valence electrons. The van der Waals surface area contributed by atoms with Crippen LogP contribution in [0.2, 0.25) is 10.3 Å². The number of esters is 1. The zero-order valence-corrected chi connectivity index (χ0v) is 11.3. The van der Waals surface area contributed by atoms with Crippen molar-refractivity contribution in [2.45, 2.75) is 12.7 Å². The van der Waals surface area contributed by atoms with E-state index in [1.807, 2.05) is 0 Å². The van der Waals surface area contributed by atoms with E-state index in [2.05, 4.69) is 9.72 Å². The summed E-state index contributed by atoms with van der Waals surface area (Å²) in [6.45, 7) is 2.54. The van der Waals surface area contributed by atoms with Gasteiger partial charge in [0.25, 0.3) is 0 Å². The predicted octanol–water partition coefficient (Wildman–Crippen LogP) is 2.39. The average Bonchev–Trinajstić information content (AvgIpc) is 2.75. The fourth-order valence-electron chi connectivity index (χ4n) is 1.81. The SMILES string of the molecule is COC(=O)c1c(C2(C)OCCO2)cc(Cl)nc1Cl. The van der Waals surface area contributed by atoms with Crippen molar-refractivity contribution in [1.29, 1.82) is 0 Å². The van der Waals surface area contributed by atoms with Gasteiger partial charge in [-0.3, -0.25) is 0 Å². The second-order valence-corrected chi connectivity index (χ2v) is 4.54. The number of methoxy groups -OCH3 is 1. The minimum Gasteiger partial charge on any atom is -0.465 e. The Morgan fingerprint density at radius 2 is 2.06 bits per heavy atom. The van der Waals surface area contributed by atoms with Crippen LogP contribution in [-0.4, -0.2) is 31.3 Å². The molecule has 0 bridgehead atoms. The van der Waals surface area contributed by atoms with Gasteiger partial charge in [0.15, 0.2) is 5.79 Å². The van der Waals surface area contributed by atoms with Crippen molar-refractivity contribution in [3.63, 3.8) is 0 Å². The van der Waals surface area contributed by atoms with Gasteiger partial charge in [-0.25, -0.2) is 9.78 Å². The van der Waals surface area contributed by atoms with Crippen LogP contribution in [0.3, 0.4) is 0 Å². The molecule has 2 rings (SSSR count). The van der Waals surface area contributed by atoms with Gasteiger partial charge in [0.05, 0.1) is 20.3 Å². The van der Waals surface area contributed by atoms with Crippen molar-refractivity contribution in [1.82, 2.24) is 4.98 Å². The number of rotatable bonds is 2. The summed E-state index contributed by atoms with van der Waals surface area (Å²) in [4.78, 5) is 15.6. The molecule has 1 aromatic rings. The fourth-order valence-corrected chi connectivity index (χ4v) is 2.32. The molecule has 2 heterocycles. The van der Waals surface area contributed by atoms with Gasteiger partial charge >= 0.3 is 5.97 Å². The zero-order valence-electron chi connectivity index (χ0n) is 9.83. The highest BCUT2D eigenvalue weighted by molar-refractivity contribution is 6.34. The number of aromatic nitrogens is 1. The molecule has 5 nitrogen and oxygen atoms in total. The largest absolute Gasteiger partial charge is 0.465 e. The Morgan fingerprint density at radius 3 is 2.61 bits per heavy atom. The summed E-state index contributed by atoms with van der Waals surface area (Å²) in [7, 11) is 1.26. The number of hydrogen-bond acceptors (Lipinski definition) is 5. The number of pyridine rings is 1. The molecule has 1 aliphatic heterocycles. The molecule has 0 amide bonds. The highest BCUT2D eigenvalue weighted by Crippen LogP contribution is 2.36. The van der Waals surface area contributed by atoms with E-state index in [0.29, 0.717) is 18.8 Å². The molecule has 0 radical (unpaired) electrons. The number of carbonyl (C=O) groups excluding carboxylic acids is 1. The number of nitrogens with zero attached hydrogens (tertiary/aromatic N) is 1. The average molecular weight is 292 g/mol. The second kappa shape index (κ2) is 5.01. The van der Waals surface area contributed by atoms with E-state index in [4.69, 9.17) is 32.7 Å². The Kier molecular flexibility index (Phi) is 3.77. The summed E-state index contributed by atoms with van der Waals surface area (Å²) in [5.41, 5.74) is 0.518. The Labute approximate surface area is 114 Å². The van der Waals surface area contributed by atoms with E-state index in [9.17, 15) is 4.79 Å². The van der Waals surface area contributed by atoms with Crippen molar-refractivity contribution in [2.75, 3.05) is 20.3 Å². The number of halogens is 2. The molecule has 0 atom stereocenters. The van der Waals surface area contributed by atoms with Gasteiger partial charge in [-0.15, -0.1) is 0 Å². The standard InChI is InChI=1S/C11H11Cl2NO4/c1-11(17-3-4-18-11)6-5-7(12)14-9(13)8(6)10(15)16-2/h5H,3-4H2,1-2H3. The van der Waals surface area contributed by atoms with Crippen LogP contribution in [0.1, 0.15) is 22.8 Å². The first kappa shape index (κ1) is 13.5.